The first-order chi connectivity index (χ1) is 17.1. The fourth-order valence-corrected chi connectivity index (χ4v) is 10.4. The number of carbonyl (C=O) groups excluding carboxylic acids is 1. The third kappa shape index (κ3) is 4.52. The summed E-state index contributed by atoms with van der Waals surface area (Å²) in [5, 5.41) is 25.4. The molecule has 36 heavy (non-hydrogen) atoms. The molecule has 0 aromatic heterocycles. The van der Waals surface area contributed by atoms with Crippen molar-refractivity contribution in [2.24, 2.45) is 58.2 Å². The molecule has 5 saturated carbocycles. The maximum Gasteiger partial charge on any atom is 0.407 e. The van der Waals surface area contributed by atoms with E-state index in [0.29, 0.717) is 54.0 Å². The van der Waals surface area contributed by atoms with Gasteiger partial charge in [0.05, 0.1) is 18.8 Å². The molecule has 5 fully saturated rings. The van der Waals surface area contributed by atoms with E-state index in [-0.39, 0.29) is 35.2 Å². The lowest BCUT2D eigenvalue weighted by molar-refractivity contribution is -0.203. The van der Waals surface area contributed by atoms with E-state index in [0.717, 1.165) is 32.1 Å². The summed E-state index contributed by atoms with van der Waals surface area (Å²) in [5.74, 6) is 4.12. The Kier molecular flexibility index (Phi) is 7.48. The highest BCUT2D eigenvalue weighted by Crippen LogP contribution is 2.69. The summed E-state index contributed by atoms with van der Waals surface area (Å²) < 4.78 is 5.59. The number of ether oxygens (including phenoxy) is 1. The van der Waals surface area contributed by atoms with Crippen molar-refractivity contribution in [2.75, 3.05) is 6.61 Å². The molecule has 5 aliphatic carbocycles. The van der Waals surface area contributed by atoms with Gasteiger partial charge in [-0.15, -0.1) is 0 Å². The fraction of sp³-hybridized carbons (Fsp3) is 0.968. The third-order valence-electron chi connectivity index (χ3n) is 12.6. The van der Waals surface area contributed by atoms with Gasteiger partial charge in [-0.1, -0.05) is 34.1 Å². The van der Waals surface area contributed by atoms with Gasteiger partial charge in [-0.2, -0.15) is 0 Å². The third-order valence-corrected chi connectivity index (χ3v) is 12.6. The molecule has 0 spiro atoms. The standard InChI is InChI=1S/C31H53NO4/c1-6-22-26-17-21(33)11-14-31(26,5)25-12-15-30(4)23(9-10-24(30)27(25)28(22)34)18(2)13-16-36-29(35)32-19(3)20-7-8-20/h18-28,33-34H,6-17H2,1-5H3,(H,32,35)/t18-,19+,21-,22-,23-,24+,25+,26+,27+,28-,30-,31-/m1/s1. The lowest BCUT2D eigenvalue weighted by Crippen LogP contribution is -2.62. The highest BCUT2D eigenvalue weighted by molar-refractivity contribution is 5.67. The van der Waals surface area contributed by atoms with Gasteiger partial charge in [0.25, 0.3) is 0 Å². The molecule has 5 rings (SSSR count). The number of fused-ring (bicyclic) bond motifs is 5. The molecule has 12 atom stereocenters. The number of hydrogen-bond donors (Lipinski definition) is 3. The maximum atomic E-state index is 12.2. The Labute approximate surface area is 219 Å². The Balaban J connectivity index is 1.24. The fourth-order valence-electron chi connectivity index (χ4n) is 10.4. The SMILES string of the molecule is CC[C@H]1[C@@H](O)[C@@H]2[C@H](CC[C@]3(C)[C@@H]([C@H](C)CCOC(=O)N[C@@H](C)C4CC4)CC[C@@H]23)[C@@]2(C)CC[C@@H](O)C[C@@H]12. The van der Waals surface area contributed by atoms with E-state index in [1.165, 1.54) is 38.5 Å². The van der Waals surface area contributed by atoms with Crippen molar-refractivity contribution >= 4 is 6.09 Å². The van der Waals surface area contributed by atoms with Gasteiger partial charge < -0.3 is 20.3 Å². The Morgan fingerprint density at radius 1 is 0.972 bits per heavy atom. The largest absolute Gasteiger partial charge is 0.450 e. The normalized spacial score (nSPS) is 47.8. The summed E-state index contributed by atoms with van der Waals surface area (Å²) in [7, 11) is 0. The van der Waals surface area contributed by atoms with Crippen LogP contribution in [0.2, 0.25) is 0 Å². The second-order valence-electron chi connectivity index (χ2n) is 14.3. The van der Waals surface area contributed by atoms with E-state index in [2.05, 4.69) is 39.9 Å². The first-order valence-corrected chi connectivity index (χ1v) is 15.4. The van der Waals surface area contributed by atoms with Crippen molar-refractivity contribution < 1.29 is 19.7 Å². The number of carbonyl (C=O) groups is 1. The molecule has 3 N–H and O–H groups in total. The summed E-state index contributed by atoms with van der Waals surface area (Å²) >= 11 is 0. The van der Waals surface area contributed by atoms with Crippen molar-refractivity contribution in [3.05, 3.63) is 0 Å². The minimum absolute atomic E-state index is 0.187. The highest BCUT2D eigenvalue weighted by atomic mass is 16.5. The van der Waals surface area contributed by atoms with Crippen LogP contribution in [0.1, 0.15) is 105 Å². The van der Waals surface area contributed by atoms with Gasteiger partial charge in [0.15, 0.2) is 0 Å². The second kappa shape index (κ2) is 10.1. The average molecular weight is 504 g/mol. The number of aliphatic hydroxyl groups excluding tert-OH is 2. The van der Waals surface area contributed by atoms with Crippen LogP contribution < -0.4 is 5.32 Å². The molecule has 0 heterocycles. The van der Waals surface area contributed by atoms with E-state index in [9.17, 15) is 15.0 Å². The molecule has 206 valence electrons. The van der Waals surface area contributed by atoms with E-state index in [1.54, 1.807) is 0 Å². The van der Waals surface area contributed by atoms with E-state index < -0.39 is 0 Å². The lowest BCUT2D eigenvalue weighted by Gasteiger charge is -2.64. The maximum absolute atomic E-state index is 12.2. The van der Waals surface area contributed by atoms with Gasteiger partial charge in [-0.3, -0.25) is 0 Å². The first kappa shape index (κ1) is 26.8. The summed E-state index contributed by atoms with van der Waals surface area (Å²) in [6.07, 6.45) is 11.6. The van der Waals surface area contributed by atoms with E-state index >= 15 is 0 Å². The van der Waals surface area contributed by atoms with Crippen LogP contribution in [0, 0.1) is 58.2 Å². The van der Waals surface area contributed by atoms with E-state index in [4.69, 9.17) is 4.74 Å². The van der Waals surface area contributed by atoms with Crippen LogP contribution in [0.15, 0.2) is 0 Å². The molecule has 0 aromatic carbocycles. The molecule has 0 bridgehead atoms. The van der Waals surface area contributed by atoms with Crippen LogP contribution in [0.4, 0.5) is 4.79 Å². The quantitative estimate of drug-likeness (QED) is 0.388. The van der Waals surface area contributed by atoms with Crippen molar-refractivity contribution in [1.29, 1.82) is 0 Å². The van der Waals surface area contributed by atoms with Crippen LogP contribution in [0.3, 0.4) is 0 Å². The predicted molar refractivity (Wildman–Crippen MR) is 142 cm³/mol. The first-order valence-electron chi connectivity index (χ1n) is 15.4. The summed E-state index contributed by atoms with van der Waals surface area (Å²) in [6.45, 7) is 12.2. The molecule has 0 radical (unpaired) electrons. The molecule has 0 unspecified atom stereocenters. The molecule has 0 saturated heterocycles. The van der Waals surface area contributed by atoms with Gasteiger partial charge >= 0.3 is 6.09 Å². The molecule has 5 heteroatoms. The minimum Gasteiger partial charge on any atom is -0.450 e. The van der Waals surface area contributed by atoms with Crippen LogP contribution in [0.5, 0.6) is 0 Å². The Morgan fingerprint density at radius 3 is 2.36 bits per heavy atom. The number of amides is 1. The van der Waals surface area contributed by atoms with Crippen molar-refractivity contribution in [1.82, 2.24) is 5.32 Å². The smallest absolute Gasteiger partial charge is 0.407 e. The molecule has 5 nitrogen and oxygen atoms in total. The molecular weight excluding hydrogens is 450 g/mol. The Hall–Kier alpha value is -0.810. The summed E-state index contributed by atoms with van der Waals surface area (Å²) in [6, 6.07) is 0.224. The van der Waals surface area contributed by atoms with Crippen molar-refractivity contribution in [3.8, 4) is 0 Å². The van der Waals surface area contributed by atoms with Crippen LogP contribution >= 0.6 is 0 Å². The zero-order valence-corrected chi connectivity index (χ0v) is 23.5. The van der Waals surface area contributed by atoms with Gasteiger partial charge in [0.2, 0.25) is 0 Å². The summed E-state index contributed by atoms with van der Waals surface area (Å²) in [5.41, 5.74) is 0.521. The molecule has 0 aromatic rings. The van der Waals surface area contributed by atoms with Gasteiger partial charge in [0.1, 0.15) is 0 Å². The Bertz CT molecular complexity index is 799. The van der Waals surface area contributed by atoms with Gasteiger partial charge in [-0.25, -0.2) is 4.79 Å². The molecule has 5 aliphatic rings. The van der Waals surface area contributed by atoms with Crippen molar-refractivity contribution in [3.63, 3.8) is 0 Å². The number of aliphatic hydroxyl groups is 2. The average Bonchev–Trinajstić information content (AvgIpc) is 3.62. The second-order valence-corrected chi connectivity index (χ2v) is 14.3. The zero-order valence-electron chi connectivity index (χ0n) is 23.5. The number of nitrogens with one attached hydrogen (secondary N) is 1. The molecular formula is C31H53NO4. The van der Waals surface area contributed by atoms with Crippen LogP contribution in [-0.2, 0) is 4.74 Å². The minimum atomic E-state index is -0.256. The summed E-state index contributed by atoms with van der Waals surface area (Å²) in [4.78, 5) is 12.2. The predicted octanol–water partition coefficient (Wildman–Crippen LogP) is 6.16. The Morgan fingerprint density at radius 2 is 1.67 bits per heavy atom. The monoisotopic (exact) mass is 503 g/mol. The topological polar surface area (TPSA) is 78.8 Å². The van der Waals surface area contributed by atoms with Gasteiger partial charge in [0, 0.05) is 6.04 Å². The van der Waals surface area contributed by atoms with Crippen LogP contribution in [-0.4, -0.2) is 41.2 Å². The number of hydrogen-bond acceptors (Lipinski definition) is 4. The van der Waals surface area contributed by atoms with Gasteiger partial charge in [-0.05, 0) is 129 Å². The number of rotatable bonds is 7. The molecule has 1 amide bonds. The van der Waals surface area contributed by atoms with Crippen molar-refractivity contribution in [2.45, 2.75) is 123 Å². The van der Waals surface area contributed by atoms with E-state index in [1.807, 2.05) is 0 Å². The molecule has 0 aliphatic heterocycles. The highest BCUT2D eigenvalue weighted by Gasteiger charge is 2.64. The lowest BCUT2D eigenvalue weighted by atomic mass is 9.41. The zero-order chi connectivity index (χ0) is 25.8. The number of alkyl carbamates (subject to hydrolysis) is 1. The van der Waals surface area contributed by atoms with Crippen LogP contribution in [0.25, 0.3) is 0 Å².